The fourth-order valence-corrected chi connectivity index (χ4v) is 1.89. The van der Waals surface area contributed by atoms with E-state index >= 15 is 0 Å². The van der Waals surface area contributed by atoms with Gasteiger partial charge < -0.3 is 11.5 Å². The van der Waals surface area contributed by atoms with Crippen LogP contribution < -0.4 is 11.5 Å². The molecule has 15 heavy (non-hydrogen) atoms. The molecule has 2 aliphatic rings. The highest BCUT2D eigenvalue weighted by Crippen LogP contribution is 2.38. The van der Waals surface area contributed by atoms with Gasteiger partial charge in [0.25, 0.3) is 5.70 Å². The van der Waals surface area contributed by atoms with Gasteiger partial charge in [-0.2, -0.15) is 0 Å². The van der Waals surface area contributed by atoms with Crippen LogP contribution in [0.1, 0.15) is 19.3 Å². The lowest BCUT2D eigenvalue weighted by Crippen LogP contribution is -2.54. The zero-order valence-corrected chi connectivity index (χ0v) is 8.43. The van der Waals surface area contributed by atoms with Crippen LogP contribution in [0.2, 0.25) is 0 Å². The summed E-state index contributed by atoms with van der Waals surface area (Å²) >= 11 is 0. The van der Waals surface area contributed by atoms with Gasteiger partial charge in [-0.05, 0) is 12.3 Å². The molecule has 4 N–H and O–H groups in total. The summed E-state index contributed by atoms with van der Waals surface area (Å²) in [5, 5.41) is 10.5. The minimum absolute atomic E-state index is 0.0411. The van der Waals surface area contributed by atoms with Crippen molar-refractivity contribution in [1.82, 2.24) is 0 Å². The maximum Gasteiger partial charge on any atom is 0.266 e. The normalized spacial score (nSPS) is 35.1. The summed E-state index contributed by atoms with van der Waals surface area (Å²) in [6, 6.07) is -0.455. The van der Waals surface area contributed by atoms with E-state index in [1.54, 1.807) is 6.08 Å². The lowest BCUT2D eigenvalue weighted by atomic mass is 9.82. The third-order valence-electron chi connectivity index (χ3n) is 3.09. The van der Waals surface area contributed by atoms with Gasteiger partial charge in [0.1, 0.15) is 0 Å². The lowest BCUT2D eigenvalue weighted by molar-refractivity contribution is -0.419. The van der Waals surface area contributed by atoms with Gasteiger partial charge >= 0.3 is 0 Å². The van der Waals surface area contributed by atoms with Gasteiger partial charge in [0.05, 0.1) is 16.5 Å². The van der Waals surface area contributed by atoms with Gasteiger partial charge in [0.15, 0.2) is 0 Å². The minimum atomic E-state index is -0.597. The summed E-state index contributed by atoms with van der Waals surface area (Å²) in [5.74, 6) is 0.649. The smallest absolute Gasteiger partial charge is 0.266 e. The lowest BCUT2D eigenvalue weighted by Gasteiger charge is -2.32. The Balaban J connectivity index is 2.12. The van der Waals surface area contributed by atoms with Crippen LogP contribution >= 0.6 is 0 Å². The zero-order chi connectivity index (χ0) is 11.1. The van der Waals surface area contributed by atoms with Gasteiger partial charge in [-0.15, -0.1) is 0 Å². The molecule has 0 aromatic rings. The third kappa shape index (κ3) is 2.08. The molecular formula is C10H15N3O2. The molecule has 0 heterocycles. The van der Waals surface area contributed by atoms with E-state index in [9.17, 15) is 10.1 Å². The second-order valence-corrected chi connectivity index (χ2v) is 4.47. The molecular weight excluding hydrogens is 194 g/mol. The topological polar surface area (TPSA) is 95.2 Å². The van der Waals surface area contributed by atoms with E-state index in [0.717, 1.165) is 6.42 Å². The van der Waals surface area contributed by atoms with Crippen molar-refractivity contribution in [1.29, 1.82) is 0 Å². The molecule has 2 atom stereocenters. The average molecular weight is 209 g/mol. The van der Waals surface area contributed by atoms with Crippen molar-refractivity contribution in [2.75, 3.05) is 0 Å². The van der Waals surface area contributed by atoms with Crippen molar-refractivity contribution in [3.8, 4) is 0 Å². The van der Waals surface area contributed by atoms with Crippen molar-refractivity contribution >= 4 is 0 Å². The van der Waals surface area contributed by atoms with Crippen molar-refractivity contribution in [3.63, 3.8) is 0 Å². The van der Waals surface area contributed by atoms with Gasteiger partial charge in [0.2, 0.25) is 0 Å². The van der Waals surface area contributed by atoms with Crippen LogP contribution in [0.15, 0.2) is 23.9 Å². The van der Waals surface area contributed by atoms with E-state index in [1.165, 1.54) is 25.0 Å². The van der Waals surface area contributed by atoms with Crippen LogP contribution in [-0.4, -0.2) is 16.5 Å². The first kappa shape index (κ1) is 10.3. The molecule has 1 fully saturated rings. The van der Waals surface area contributed by atoms with Crippen LogP contribution in [0, 0.1) is 16.0 Å². The predicted molar refractivity (Wildman–Crippen MR) is 56.5 cm³/mol. The van der Waals surface area contributed by atoms with E-state index < -0.39 is 16.5 Å². The molecule has 2 aliphatic carbocycles. The van der Waals surface area contributed by atoms with Gasteiger partial charge in [-0.3, -0.25) is 10.1 Å². The van der Waals surface area contributed by atoms with Crippen LogP contribution in [0.25, 0.3) is 0 Å². The summed E-state index contributed by atoms with van der Waals surface area (Å²) in [6.45, 7) is 0. The Morgan fingerprint density at radius 2 is 2.27 bits per heavy atom. The molecule has 5 heteroatoms. The largest absolute Gasteiger partial charge is 0.322 e. The van der Waals surface area contributed by atoms with E-state index in [1.807, 2.05) is 0 Å². The molecule has 2 rings (SSSR count). The molecule has 0 aromatic heterocycles. The van der Waals surface area contributed by atoms with E-state index in [0.29, 0.717) is 5.92 Å². The predicted octanol–water partition coefficient (Wildman–Crippen LogP) is 0.542. The Hall–Kier alpha value is -1.20. The van der Waals surface area contributed by atoms with E-state index in [-0.39, 0.29) is 5.70 Å². The first-order valence-corrected chi connectivity index (χ1v) is 5.11. The maximum atomic E-state index is 10.5. The minimum Gasteiger partial charge on any atom is -0.322 e. The summed E-state index contributed by atoms with van der Waals surface area (Å²) in [5.41, 5.74) is 11.4. The van der Waals surface area contributed by atoms with Crippen LogP contribution in [0.4, 0.5) is 0 Å². The monoisotopic (exact) mass is 209 g/mol. The first-order chi connectivity index (χ1) is 7.01. The van der Waals surface area contributed by atoms with Gasteiger partial charge in [-0.25, -0.2) is 0 Å². The quantitative estimate of drug-likeness (QED) is 0.524. The molecule has 0 bridgehead atoms. The molecule has 1 saturated carbocycles. The molecule has 2 unspecified atom stereocenters. The standard InChI is InChI=1S/C10H15N3O2/c11-9-5-8(13(14)15)3-4-10(9,12)6-7-1-2-7/h3-5,7,9H,1-2,6,11-12H2. The Bertz CT molecular complexity index is 347. The number of hydrogen-bond acceptors (Lipinski definition) is 4. The Labute approximate surface area is 88.0 Å². The highest BCUT2D eigenvalue weighted by atomic mass is 16.6. The van der Waals surface area contributed by atoms with E-state index in [2.05, 4.69) is 0 Å². The Kier molecular flexibility index (Phi) is 2.36. The second kappa shape index (κ2) is 3.43. The number of nitro groups is 1. The van der Waals surface area contributed by atoms with Crippen molar-refractivity contribution in [2.45, 2.75) is 30.8 Å². The Morgan fingerprint density at radius 3 is 2.73 bits per heavy atom. The fraction of sp³-hybridized carbons (Fsp3) is 0.600. The van der Waals surface area contributed by atoms with Crippen molar-refractivity contribution in [3.05, 3.63) is 34.0 Å². The average Bonchev–Trinajstić information content (AvgIpc) is 2.93. The van der Waals surface area contributed by atoms with Crippen LogP contribution in [0.5, 0.6) is 0 Å². The highest BCUT2D eigenvalue weighted by molar-refractivity contribution is 5.30. The molecule has 0 radical (unpaired) electrons. The molecule has 0 aromatic carbocycles. The fourth-order valence-electron chi connectivity index (χ4n) is 1.89. The van der Waals surface area contributed by atoms with E-state index in [4.69, 9.17) is 11.5 Å². The molecule has 0 saturated heterocycles. The zero-order valence-electron chi connectivity index (χ0n) is 8.43. The van der Waals surface area contributed by atoms with Crippen molar-refractivity contribution in [2.24, 2.45) is 17.4 Å². The second-order valence-electron chi connectivity index (χ2n) is 4.47. The SMILES string of the molecule is NC1C=C([N+](=O)[O-])C=CC1(N)CC1CC1. The summed E-state index contributed by atoms with van der Waals surface area (Å²) in [6.07, 6.45) is 7.82. The summed E-state index contributed by atoms with van der Waals surface area (Å²) in [7, 11) is 0. The van der Waals surface area contributed by atoms with Crippen molar-refractivity contribution < 1.29 is 4.92 Å². The molecule has 0 aliphatic heterocycles. The molecule has 0 spiro atoms. The number of rotatable bonds is 3. The molecule has 82 valence electrons. The third-order valence-corrected chi connectivity index (χ3v) is 3.09. The van der Waals surface area contributed by atoms with Gasteiger partial charge in [-0.1, -0.05) is 18.9 Å². The number of nitrogens with two attached hydrogens (primary N) is 2. The molecule has 0 amide bonds. The van der Waals surface area contributed by atoms with Crippen LogP contribution in [0.3, 0.4) is 0 Å². The number of allylic oxidation sites excluding steroid dienone is 1. The summed E-state index contributed by atoms with van der Waals surface area (Å²) < 4.78 is 0. The Morgan fingerprint density at radius 1 is 1.60 bits per heavy atom. The van der Waals surface area contributed by atoms with Gasteiger partial charge in [0, 0.05) is 12.2 Å². The number of nitrogens with zero attached hydrogens (tertiary/aromatic N) is 1. The molecule has 5 nitrogen and oxygen atoms in total. The number of hydrogen-bond donors (Lipinski definition) is 2. The first-order valence-electron chi connectivity index (χ1n) is 5.11. The highest BCUT2D eigenvalue weighted by Gasteiger charge is 2.38. The summed E-state index contributed by atoms with van der Waals surface area (Å²) in [4.78, 5) is 10.1. The maximum absolute atomic E-state index is 10.5. The van der Waals surface area contributed by atoms with Crippen LogP contribution in [-0.2, 0) is 0 Å².